The first-order valence-electron chi connectivity index (χ1n) is 4.27. The Bertz CT molecular complexity index is 599. The van der Waals surface area contributed by atoms with E-state index in [1.165, 1.54) is 12.1 Å². The molecule has 90 valence electrons. The third-order valence-electron chi connectivity index (χ3n) is 1.74. The van der Waals surface area contributed by atoms with Crippen LogP contribution in [0, 0.1) is 44.4 Å². The largest absolute Gasteiger partial charge is 0.297 e. The SMILES string of the molecule is N#CC(C#N)=NNc1cc(F)c(F)cc1[N+](=O)[O-]. The summed E-state index contributed by atoms with van der Waals surface area (Å²) in [5.41, 5.74) is 0.102. The number of nitro benzene ring substituents is 1. The number of nitrogens with zero attached hydrogens (tertiary/aromatic N) is 4. The maximum Gasteiger partial charge on any atom is 0.297 e. The van der Waals surface area contributed by atoms with Crippen LogP contribution in [0.2, 0.25) is 0 Å². The Kier molecular flexibility index (Phi) is 3.84. The summed E-state index contributed by atoms with van der Waals surface area (Å²) in [7, 11) is 0. The number of hydrogen-bond acceptors (Lipinski definition) is 6. The molecule has 18 heavy (non-hydrogen) atoms. The van der Waals surface area contributed by atoms with E-state index in [9.17, 15) is 18.9 Å². The lowest BCUT2D eigenvalue weighted by atomic mass is 10.2. The van der Waals surface area contributed by atoms with Gasteiger partial charge in [-0.25, -0.2) is 8.78 Å². The zero-order valence-electron chi connectivity index (χ0n) is 8.52. The van der Waals surface area contributed by atoms with Gasteiger partial charge >= 0.3 is 0 Å². The van der Waals surface area contributed by atoms with E-state index in [1.54, 1.807) is 0 Å². The van der Waals surface area contributed by atoms with Crippen molar-refractivity contribution in [3.63, 3.8) is 0 Å². The second kappa shape index (κ2) is 5.32. The van der Waals surface area contributed by atoms with Crippen LogP contribution in [-0.4, -0.2) is 10.6 Å². The van der Waals surface area contributed by atoms with E-state index < -0.39 is 33.6 Å². The van der Waals surface area contributed by atoms with Crippen molar-refractivity contribution >= 4 is 17.1 Å². The zero-order chi connectivity index (χ0) is 13.7. The summed E-state index contributed by atoms with van der Waals surface area (Å²) in [5.74, 6) is -2.72. The van der Waals surface area contributed by atoms with Crippen LogP contribution < -0.4 is 5.43 Å². The van der Waals surface area contributed by atoms with Gasteiger partial charge in [0.25, 0.3) is 5.69 Å². The summed E-state index contributed by atoms with van der Waals surface area (Å²) in [6.07, 6.45) is 0. The maximum atomic E-state index is 12.9. The van der Waals surface area contributed by atoms with Gasteiger partial charge in [-0.2, -0.15) is 15.6 Å². The van der Waals surface area contributed by atoms with Gasteiger partial charge in [0.15, 0.2) is 11.6 Å². The number of benzene rings is 1. The van der Waals surface area contributed by atoms with E-state index >= 15 is 0 Å². The lowest BCUT2D eigenvalue weighted by Crippen LogP contribution is -2.01. The first-order chi connectivity index (χ1) is 8.49. The molecular weight excluding hydrogens is 248 g/mol. The molecule has 0 aliphatic carbocycles. The van der Waals surface area contributed by atoms with E-state index in [1.807, 2.05) is 5.43 Å². The molecule has 0 atom stereocenters. The fourth-order valence-corrected chi connectivity index (χ4v) is 0.968. The molecule has 0 radical (unpaired) electrons. The molecule has 7 nitrogen and oxygen atoms in total. The number of nitro groups is 1. The van der Waals surface area contributed by atoms with Crippen molar-refractivity contribution in [2.75, 3.05) is 5.43 Å². The highest BCUT2D eigenvalue weighted by atomic mass is 19.2. The third kappa shape index (κ3) is 2.74. The van der Waals surface area contributed by atoms with E-state index in [0.717, 1.165) is 0 Å². The topological polar surface area (TPSA) is 115 Å². The molecule has 0 unspecified atom stereocenters. The molecule has 9 heteroatoms. The van der Waals surface area contributed by atoms with E-state index in [2.05, 4.69) is 5.10 Å². The highest BCUT2D eigenvalue weighted by Crippen LogP contribution is 2.27. The van der Waals surface area contributed by atoms with Crippen molar-refractivity contribution in [3.05, 3.63) is 33.9 Å². The van der Waals surface area contributed by atoms with Gasteiger partial charge in [-0.3, -0.25) is 15.5 Å². The number of hydrogen-bond donors (Lipinski definition) is 1. The molecule has 1 rings (SSSR count). The van der Waals surface area contributed by atoms with Crippen LogP contribution in [-0.2, 0) is 0 Å². The minimum absolute atomic E-state index is 0.367. The number of anilines is 1. The predicted molar refractivity (Wildman–Crippen MR) is 55.3 cm³/mol. The van der Waals surface area contributed by atoms with Crippen LogP contribution in [0.3, 0.4) is 0 Å². The van der Waals surface area contributed by atoms with Gasteiger partial charge in [0.1, 0.15) is 17.8 Å². The lowest BCUT2D eigenvalue weighted by Gasteiger charge is -2.02. The Balaban J connectivity index is 3.21. The van der Waals surface area contributed by atoms with Crippen molar-refractivity contribution < 1.29 is 13.7 Å². The van der Waals surface area contributed by atoms with Gasteiger partial charge in [-0.15, -0.1) is 0 Å². The summed E-state index contributed by atoms with van der Waals surface area (Å²) >= 11 is 0. The van der Waals surface area contributed by atoms with Crippen LogP contribution >= 0.6 is 0 Å². The Morgan fingerprint density at radius 2 is 1.89 bits per heavy atom. The maximum absolute atomic E-state index is 12.9. The minimum atomic E-state index is -1.39. The molecule has 0 saturated carbocycles. The monoisotopic (exact) mass is 251 g/mol. The summed E-state index contributed by atoms with van der Waals surface area (Å²) < 4.78 is 25.7. The van der Waals surface area contributed by atoms with Crippen LogP contribution in [0.5, 0.6) is 0 Å². The van der Waals surface area contributed by atoms with Gasteiger partial charge in [-0.1, -0.05) is 0 Å². The third-order valence-corrected chi connectivity index (χ3v) is 1.74. The van der Waals surface area contributed by atoms with Gasteiger partial charge < -0.3 is 0 Å². The number of hydrazone groups is 1. The Labute approximate surface area is 98.7 Å². The van der Waals surface area contributed by atoms with Crippen molar-refractivity contribution in [3.8, 4) is 12.1 Å². The molecule has 0 saturated heterocycles. The summed E-state index contributed by atoms with van der Waals surface area (Å²) in [6, 6.07) is 3.64. The molecular formula is C9H3F2N5O2. The Morgan fingerprint density at radius 3 is 2.39 bits per heavy atom. The van der Waals surface area contributed by atoms with Crippen molar-refractivity contribution in [2.45, 2.75) is 0 Å². The van der Waals surface area contributed by atoms with Crippen LogP contribution in [0.15, 0.2) is 17.2 Å². The minimum Gasteiger partial charge on any atom is -0.270 e. The van der Waals surface area contributed by atoms with Gasteiger partial charge in [-0.05, 0) is 0 Å². The standard InChI is InChI=1S/C9H3F2N5O2/c10-6-1-8(15-14-5(3-12)4-13)9(16(17)18)2-7(6)11/h1-2,15H. The number of rotatable bonds is 3. The van der Waals surface area contributed by atoms with E-state index in [0.29, 0.717) is 12.1 Å². The van der Waals surface area contributed by atoms with Crippen LogP contribution in [0.25, 0.3) is 0 Å². The average molecular weight is 251 g/mol. The normalized spacial score (nSPS) is 8.89. The van der Waals surface area contributed by atoms with E-state index in [-0.39, 0.29) is 0 Å². The lowest BCUT2D eigenvalue weighted by molar-refractivity contribution is -0.384. The molecule has 0 aliphatic rings. The quantitative estimate of drug-likeness (QED) is 0.498. The molecule has 0 fully saturated rings. The molecule has 0 bridgehead atoms. The fourth-order valence-electron chi connectivity index (χ4n) is 0.968. The van der Waals surface area contributed by atoms with Gasteiger partial charge in [0.05, 0.1) is 11.0 Å². The molecule has 0 heterocycles. The molecule has 1 aromatic rings. The molecule has 0 aromatic heterocycles. The smallest absolute Gasteiger partial charge is 0.270 e. The fraction of sp³-hybridized carbons (Fsp3) is 0. The number of nitrogens with one attached hydrogen (secondary N) is 1. The van der Waals surface area contributed by atoms with Crippen molar-refractivity contribution in [2.24, 2.45) is 5.10 Å². The summed E-state index contributed by atoms with van der Waals surface area (Å²) in [5, 5.41) is 30.5. The van der Waals surface area contributed by atoms with Gasteiger partial charge in [0.2, 0.25) is 5.71 Å². The Morgan fingerprint density at radius 1 is 1.33 bits per heavy atom. The Hall–Kier alpha value is -3.07. The van der Waals surface area contributed by atoms with Crippen molar-refractivity contribution in [1.29, 1.82) is 10.5 Å². The molecule has 0 amide bonds. The second-order valence-electron chi connectivity index (χ2n) is 2.84. The second-order valence-corrected chi connectivity index (χ2v) is 2.84. The molecule has 1 aromatic carbocycles. The van der Waals surface area contributed by atoms with Gasteiger partial charge in [0, 0.05) is 6.07 Å². The predicted octanol–water partition coefficient (Wildman–Crippen LogP) is 1.69. The molecule has 0 spiro atoms. The highest BCUT2D eigenvalue weighted by Gasteiger charge is 2.18. The molecule has 1 N–H and O–H groups in total. The number of halogens is 2. The average Bonchev–Trinajstić information content (AvgIpc) is 2.34. The molecule has 0 aliphatic heterocycles. The van der Waals surface area contributed by atoms with Crippen LogP contribution in [0.4, 0.5) is 20.2 Å². The zero-order valence-corrected chi connectivity index (χ0v) is 8.52. The first kappa shape index (κ1) is 13.0. The van der Waals surface area contributed by atoms with Crippen LogP contribution in [0.1, 0.15) is 0 Å². The summed E-state index contributed by atoms with van der Waals surface area (Å²) in [4.78, 5) is 9.61. The first-order valence-corrected chi connectivity index (χ1v) is 4.27. The van der Waals surface area contributed by atoms with Crippen molar-refractivity contribution in [1.82, 2.24) is 0 Å². The van der Waals surface area contributed by atoms with E-state index in [4.69, 9.17) is 10.5 Å². The number of nitriles is 2. The highest BCUT2D eigenvalue weighted by molar-refractivity contribution is 6.10. The summed E-state index contributed by atoms with van der Waals surface area (Å²) in [6.45, 7) is 0.